The number of para-hydroxylation sites is 2. The lowest BCUT2D eigenvalue weighted by Crippen LogP contribution is -2.34. The number of likely N-dealkylation sites (tertiary alicyclic amines) is 1. The Morgan fingerprint density at radius 3 is 2.77 bits per heavy atom. The number of imidazole rings is 1. The molecule has 5 nitrogen and oxygen atoms in total. The molecule has 162 valence electrons. The molecule has 1 saturated carbocycles. The van der Waals surface area contributed by atoms with Gasteiger partial charge in [-0.1, -0.05) is 36.6 Å². The number of ether oxygens (including phenoxy) is 1. The van der Waals surface area contributed by atoms with Crippen molar-refractivity contribution >= 4 is 28.5 Å². The van der Waals surface area contributed by atoms with Gasteiger partial charge in [0.25, 0.3) is 0 Å². The smallest absolute Gasteiger partial charge is 0.223 e. The topological polar surface area (TPSA) is 47.4 Å². The van der Waals surface area contributed by atoms with E-state index >= 15 is 0 Å². The van der Waals surface area contributed by atoms with Crippen LogP contribution in [0.2, 0.25) is 5.02 Å². The summed E-state index contributed by atoms with van der Waals surface area (Å²) >= 11 is 6.13. The third-order valence-electron chi connectivity index (χ3n) is 6.69. The minimum absolute atomic E-state index is 0.137. The van der Waals surface area contributed by atoms with E-state index in [4.69, 9.17) is 21.3 Å². The van der Waals surface area contributed by atoms with Gasteiger partial charge in [-0.15, -0.1) is 0 Å². The van der Waals surface area contributed by atoms with Crippen LogP contribution in [0, 0.1) is 6.92 Å². The van der Waals surface area contributed by atoms with Gasteiger partial charge in [-0.2, -0.15) is 0 Å². The number of aryl methyl sites for hydroxylation is 1. The van der Waals surface area contributed by atoms with E-state index in [1.807, 2.05) is 43.3 Å². The Bertz CT molecular complexity index is 1100. The molecule has 3 aromatic rings. The third-order valence-corrected chi connectivity index (χ3v) is 7.11. The van der Waals surface area contributed by atoms with Crippen LogP contribution >= 0.6 is 11.6 Å². The van der Waals surface area contributed by atoms with Gasteiger partial charge in [-0.25, -0.2) is 4.98 Å². The van der Waals surface area contributed by atoms with E-state index in [0.29, 0.717) is 25.6 Å². The molecule has 0 bridgehead atoms. The third kappa shape index (κ3) is 4.03. The van der Waals surface area contributed by atoms with Crippen LogP contribution in [0.3, 0.4) is 0 Å². The summed E-state index contributed by atoms with van der Waals surface area (Å²) in [5.41, 5.74) is 3.08. The highest BCUT2D eigenvalue weighted by Gasteiger charge is 2.38. The molecule has 2 aliphatic rings. The molecule has 2 fully saturated rings. The summed E-state index contributed by atoms with van der Waals surface area (Å²) in [7, 11) is 0. The van der Waals surface area contributed by atoms with Gasteiger partial charge in [-0.3, -0.25) is 4.79 Å². The Balaban J connectivity index is 1.37. The van der Waals surface area contributed by atoms with Crippen LogP contribution in [0.5, 0.6) is 5.75 Å². The number of carbonyl (C=O) groups is 1. The van der Waals surface area contributed by atoms with Gasteiger partial charge in [0.05, 0.1) is 17.6 Å². The van der Waals surface area contributed by atoms with Crippen molar-refractivity contribution in [2.24, 2.45) is 0 Å². The Morgan fingerprint density at radius 2 is 1.97 bits per heavy atom. The average Bonchev–Trinajstić information content (AvgIpc) is 3.49. The van der Waals surface area contributed by atoms with Gasteiger partial charge in [0.2, 0.25) is 5.91 Å². The fraction of sp³-hybridized carbons (Fsp3) is 0.440. The molecule has 1 unspecified atom stereocenters. The van der Waals surface area contributed by atoms with Gasteiger partial charge in [0, 0.05) is 29.9 Å². The molecule has 1 aliphatic carbocycles. The van der Waals surface area contributed by atoms with E-state index in [1.165, 1.54) is 12.8 Å². The Hall–Kier alpha value is -2.53. The van der Waals surface area contributed by atoms with E-state index < -0.39 is 0 Å². The Kier molecular flexibility index (Phi) is 5.61. The zero-order valence-electron chi connectivity index (χ0n) is 17.9. The van der Waals surface area contributed by atoms with Crippen LogP contribution in [-0.2, 0) is 11.3 Å². The summed E-state index contributed by atoms with van der Waals surface area (Å²) in [5, 5.41) is 0.743. The molecule has 1 atom stereocenters. The molecule has 31 heavy (non-hydrogen) atoms. The maximum Gasteiger partial charge on any atom is 0.223 e. The quantitative estimate of drug-likeness (QED) is 0.523. The molecule has 6 heteroatoms. The second-order valence-corrected chi connectivity index (χ2v) is 9.16. The number of rotatable bonds is 6. The van der Waals surface area contributed by atoms with Crippen molar-refractivity contribution in [3.63, 3.8) is 0 Å². The molecular weight excluding hydrogens is 410 g/mol. The Morgan fingerprint density at radius 1 is 1.16 bits per heavy atom. The number of aromatic nitrogens is 2. The second kappa shape index (κ2) is 8.54. The van der Waals surface area contributed by atoms with E-state index in [9.17, 15) is 4.79 Å². The monoisotopic (exact) mass is 437 g/mol. The van der Waals surface area contributed by atoms with Crippen LogP contribution in [0.4, 0.5) is 0 Å². The van der Waals surface area contributed by atoms with Gasteiger partial charge < -0.3 is 14.2 Å². The summed E-state index contributed by atoms with van der Waals surface area (Å²) in [5.74, 6) is 2.24. The van der Waals surface area contributed by atoms with Crippen LogP contribution in [0.1, 0.15) is 49.4 Å². The minimum atomic E-state index is 0.137. The molecule has 0 N–H and O–H groups in total. The predicted molar refractivity (Wildman–Crippen MR) is 123 cm³/mol. The van der Waals surface area contributed by atoms with Crippen LogP contribution < -0.4 is 4.74 Å². The first-order valence-electron chi connectivity index (χ1n) is 11.2. The summed E-state index contributed by atoms with van der Waals surface area (Å²) < 4.78 is 8.26. The van der Waals surface area contributed by atoms with Crippen LogP contribution in [0.15, 0.2) is 42.5 Å². The largest absolute Gasteiger partial charge is 0.492 e. The summed E-state index contributed by atoms with van der Waals surface area (Å²) in [6.45, 7) is 3.97. The number of carbonyl (C=O) groups excluding carboxylic acids is 1. The molecule has 2 heterocycles. The first kappa shape index (κ1) is 20.4. The van der Waals surface area contributed by atoms with Gasteiger partial charge in [0.15, 0.2) is 0 Å². The fourth-order valence-corrected chi connectivity index (χ4v) is 5.19. The second-order valence-electron chi connectivity index (χ2n) is 8.76. The number of nitrogens with zero attached hydrogens (tertiary/aromatic N) is 3. The molecule has 0 spiro atoms. The highest BCUT2D eigenvalue weighted by molar-refractivity contribution is 6.31. The van der Waals surface area contributed by atoms with E-state index in [2.05, 4.69) is 15.5 Å². The highest BCUT2D eigenvalue weighted by Crippen LogP contribution is 2.35. The first-order valence-corrected chi connectivity index (χ1v) is 11.6. The van der Waals surface area contributed by atoms with Gasteiger partial charge in [-0.05, 0) is 55.7 Å². The van der Waals surface area contributed by atoms with Crippen molar-refractivity contribution in [3.8, 4) is 5.75 Å². The highest BCUT2D eigenvalue weighted by atomic mass is 35.5. The molecule has 1 saturated heterocycles. The maximum atomic E-state index is 12.8. The molecule has 1 aromatic heterocycles. The SMILES string of the molecule is Cc1cc(OCCn2c(C3CC(=O)N(C4CCCC4)C3)nc3ccccc32)ccc1Cl. The molecule has 5 rings (SSSR count). The van der Waals surface area contributed by atoms with Gasteiger partial charge >= 0.3 is 0 Å². The number of fused-ring (bicyclic) bond motifs is 1. The molecule has 1 amide bonds. The lowest BCUT2D eigenvalue weighted by atomic mass is 10.1. The van der Waals surface area contributed by atoms with Crippen molar-refractivity contribution < 1.29 is 9.53 Å². The zero-order chi connectivity index (χ0) is 21.4. The molecule has 1 aliphatic heterocycles. The van der Waals surface area contributed by atoms with Gasteiger partial charge in [0.1, 0.15) is 18.2 Å². The summed E-state index contributed by atoms with van der Waals surface area (Å²) in [6, 6.07) is 14.4. The molecular formula is C25H28ClN3O2. The summed E-state index contributed by atoms with van der Waals surface area (Å²) in [4.78, 5) is 19.9. The number of benzene rings is 2. The van der Waals surface area contributed by atoms with Crippen molar-refractivity contribution in [2.75, 3.05) is 13.2 Å². The number of hydrogen-bond donors (Lipinski definition) is 0. The Labute approximate surface area is 188 Å². The molecule has 2 aromatic carbocycles. The van der Waals surface area contributed by atoms with Crippen molar-refractivity contribution in [2.45, 2.75) is 57.5 Å². The lowest BCUT2D eigenvalue weighted by Gasteiger charge is -2.24. The fourth-order valence-electron chi connectivity index (χ4n) is 5.08. The number of halogens is 1. The number of amides is 1. The molecule has 0 radical (unpaired) electrons. The van der Waals surface area contributed by atoms with Crippen LogP contribution in [-0.4, -0.2) is 39.6 Å². The average molecular weight is 438 g/mol. The lowest BCUT2D eigenvalue weighted by molar-refractivity contribution is -0.129. The maximum absolute atomic E-state index is 12.8. The van der Waals surface area contributed by atoms with E-state index in [1.54, 1.807) is 0 Å². The van der Waals surface area contributed by atoms with E-state index in [-0.39, 0.29) is 11.8 Å². The first-order chi connectivity index (χ1) is 15.1. The van der Waals surface area contributed by atoms with Crippen LogP contribution in [0.25, 0.3) is 11.0 Å². The summed E-state index contributed by atoms with van der Waals surface area (Å²) in [6.07, 6.45) is 5.31. The zero-order valence-corrected chi connectivity index (χ0v) is 18.6. The standard InChI is InChI=1S/C25H28ClN3O2/c1-17-14-20(10-11-21(17)26)31-13-12-28-23-9-5-4-8-22(23)27-25(28)18-15-24(30)29(16-18)19-6-2-3-7-19/h4-5,8-11,14,18-19H,2-3,6-7,12-13,15-16H2,1H3. The number of hydrogen-bond acceptors (Lipinski definition) is 3. The normalized spacial score (nSPS) is 19.6. The van der Waals surface area contributed by atoms with Crippen molar-refractivity contribution in [1.82, 2.24) is 14.5 Å². The van der Waals surface area contributed by atoms with Crippen molar-refractivity contribution in [3.05, 3.63) is 58.9 Å². The predicted octanol–water partition coefficient (Wildman–Crippen LogP) is 5.34. The van der Waals surface area contributed by atoms with Crippen molar-refractivity contribution in [1.29, 1.82) is 0 Å². The van der Waals surface area contributed by atoms with E-state index in [0.717, 1.165) is 52.6 Å². The minimum Gasteiger partial charge on any atom is -0.492 e.